The van der Waals surface area contributed by atoms with Crippen LogP contribution in [0, 0.1) is 0 Å². The molecule has 5 heteroatoms. The number of nitrogens with one attached hydrogen (secondary N) is 1. The molecule has 0 aliphatic rings. The Morgan fingerprint density at radius 1 is 1.18 bits per heavy atom. The molecule has 1 heterocycles. The summed E-state index contributed by atoms with van der Waals surface area (Å²) < 4.78 is 10.4. The Kier molecular flexibility index (Phi) is 5.54. The van der Waals surface area contributed by atoms with Crippen LogP contribution in [-0.2, 0) is 11.3 Å². The molecule has 1 amide bonds. The molecule has 22 heavy (non-hydrogen) atoms. The Morgan fingerprint density at radius 3 is 2.68 bits per heavy atom. The van der Waals surface area contributed by atoms with Crippen LogP contribution in [0.25, 0.3) is 6.08 Å². The number of aromatic nitrogens is 1. The Balaban J connectivity index is 1.95. The van der Waals surface area contributed by atoms with Crippen molar-refractivity contribution < 1.29 is 14.3 Å². The standard InChI is InChI=1S/C17H18N2O3/c1-21-15-8-6-13(11-16(15)22-2)7-9-17(20)19-12-14-5-3-4-10-18-14/h3-11H,12H2,1-2H3,(H,19,20)/b9-7-. The lowest BCUT2D eigenvalue weighted by Crippen LogP contribution is -2.20. The number of carbonyl (C=O) groups is 1. The van der Waals surface area contributed by atoms with E-state index in [4.69, 9.17) is 9.47 Å². The topological polar surface area (TPSA) is 60.5 Å². The third-order valence-electron chi connectivity index (χ3n) is 3.00. The van der Waals surface area contributed by atoms with Gasteiger partial charge in [0.05, 0.1) is 26.5 Å². The number of hydrogen-bond donors (Lipinski definition) is 1. The van der Waals surface area contributed by atoms with Crippen LogP contribution in [0.4, 0.5) is 0 Å². The first kappa shape index (κ1) is 15.6. The van der Waals surface area contributed by atoms with Crippen molar-refractivity contribution >= 4 is 12.0 Å². The van der Waals surface area contributed by atoms with Crippen molar-refractivity contribution in [3.05, 3.63) is 59.9 Å². The molecular weight excluding hydrogens is 280 g/mol. The highest BCUT2D eigenvalue weighted by molar-refractivity contribution is 5.91. The summed E-state index contributed by atoms with van der Waals surface area (Å²) in [5.74, 6) is 1.10. The minimum Gasteiger partial charge on any atom is -0.493 e. The number of nitrogens with zero attached hydrogens (tertiary/aromatic N) is 1. The summed E-state index contributed by atoms with van der Waals surface area (Å²) in [6.45, 7) is 0.399. The SMILES string of the molecule is COc1ccc(/C=C\C(=O)NCc2ccccn2)cc1OC. The highest BCUT2D eigenvalue weighted by Crippen LogP contribution is 2.27. The van der Waals surface area contributed by atoms with E-state index < -0.39 is 0 Å². The molecule has 2 rings (SSSR count). The van der Waals surface area contributed by atoms with Gasteiger partial charge >= 0.3 is 0 Å². The van der Waals surface area contributed by atoms with E-state index in [1.807, 2.05) is 24.3 Å². The number of benzene rings is 1. The molecule has 0 spiro atoms. The Hall–Kier alpha value is -2.82. The summed E-state index contributed by atoms with van der Waals surface area (Å²) in [4.78, 5) is 15.9. The number of pyridine rings is 1. The minimum atomic E-state index is -0.180. The fourth-order valence-electron chi connectivity index (χ4n) is 1.87. The van der Waals surface area contributed by atoms with Gasteiger partial charge in [-0.25, -0.2) is 0 Å². The number of rotatable bonds is 6. The van der Waals surface area contributed by atoms with E-state index in [2.05, 4.69) is 10.3 Å². The van der Waals surface area contributed by atoms with E-state index in [-0.39, 0.29) is 5.91 Å². The van der Waals surface area contributed by atoms with E-state index >= 15 is 0 Å². The van der Waals surface area contributed by atoms with Gasteiger partial charge in [0.15, 0.2) is 11.5 Å². The van der Waals surface area contributed by atoms with Crippen LogP contribution < -0.4 is 14.8 Å². The van der Waals surface area contributed by atoms with Gasteiger partial charge in [0.25, 0.3) is 0 Å². The van der Waals surface area contributed by atoms with E-state index in [1.54, 1.807) is 38.6 Å². The molecule has 0 unspecified atom stereocenters. The van der Waals surface area contributed by atoms with Crippen LogP contribution in [0.1, 0.15) is 11.3 Å². The van der Waals surface area contributed by atoms with Gasteiger partial charge in [-0.1, -0.05) is 12.1 Å². The van der Waals surface area contributed by atoms with Crippen molar-refractivity contribution in [2.45, 2.75) is 6.54 Å². The largest absolute Gasteiger partial charge is 0.493 e. The summed E-state index contributed by atoms with van der Waals surface area (Å²) >= 11 is 0. The molecule has 0 radical (unpaired) electrons. The molecule has 0 fully saturated rings. The average molecular weight is 298 g/mol. The van der Waals surface area contributed by atoms with Crippen molar-refractivity contribution in [2.75, 3.05) is 14.2 Å². The Labute approximate surface area is 129 Å². The van der Waals surface area contributed by atoms with Gasteiger partial charge in [0, 0.05) is 12.3 Å². The number of carbonyl (C=O) groups excluding carboxylic acids is 1. The first-order chi connectivity index (χ1) is 10.7. The van der Waals surface area contributed by atoms with Gasteiger partial charge in [-0.2, -0.15) is 0 Å². The van der Waals surface area contributed by atoms with Crippen LogP contribution in [0.2, 0.25) is 0 Å². The van der Waals surface area contributed by atoms with Crippen LogP contribution in [0.3, 0.4) is 0 Å². The molecule has 0 atom stereocenters. The minimum absolute atomic E-state index is 0.180. The first-order valence-corrected chi connectivity index (χ1v) is 6.81. The summed E-state index contributed by atoms with van der Waals surface area (Å²) in [5, 5.41) is 2.78. The normalized spacial score (nSPS) is 10.5. The molecule has 0 aliphatic heterocycles. The van der Waals surface area contributed by atoms with E-state index in [0.29, 0.717) is 18.0 Å². The second-order valence-corrected chi connectivity index (χ2v) is 4.49. The van der Waals surface area contributed by atoms with Crippen molar-refractivity contribution in [2.24, 2.45) is 0 Å². The predicted octanol–water partition coefficient (Wildman–Crippen LogP) is 2.43. The molecular formula is C17H18N2O3. The molecule has 1 N–H and O–H groups in total. The molecule has 0 aliphatic carbocycles. The summed E-state index contributed by atoms with van der Waals surface area (Å²) in [6, 6.07) is 11.0. The maximum atomic E-state index is 11.8. The van der Waals surface area contributed by atoms with Gasteiger partial charge in [-0.05, 0) is 35.9 Å². The number of methoxy groups -OCH3 is 2. The van der Waals surface area contributed by atoms with Crippen LogP contribution in [0.5, 0.6) is 11.5 Å². The molecule has 1 aromatic heterocycles. The third kappa shape index (κ3) is 4.34. The number of amides is 1. The summed E-state index contributed by atoms with van der Waals surface area (Å²) in [5.41, 5.74) is 1.67. The number of ether oxygens (including phenoxy) is 2. The smallest absolute Gasteiger partial charge is 0.244 e. The zero-order valence-corrected chi connectivity index (χ0v) is 12.6. The van der Waals surface area contributed by atoms with Crippen molar-refractivity contribution in [1.82, 2.24) is 10.3 Å². The van der Waals surface area contributed by atoms with Crippen LogP contribution in [-0.4, -0.2) is 25.1 Å². The second kappa shape index (κ2) is 7.83. The highest BCUT2D eigenvalue weighted by atomic mass is 16.5. The zero-order chi connectivity index (χ0) is 15.8. The van der Waals surface area contributed by atoms with Crippen molar-refractivity contribution in [3.63, 3.8) is 0 Å². The second-order valence-electron chi connectivity index (χ2n) is 4.49. The molecule has 1 aromatic carbocycles. The fourth-order valence-corrected chi connectivity index (χ4v) is 1.87. The Morgan fingerprint density at radius 2 is 2.00 bits per heavy atom. The van der Waals surface area contributed by atoms with E-state index in [1.165, 1.54) is 6.08 Å². The zero-order valence-electron chi connectivity index (χ0n) is 12.6. The monoisotopic (exact) mass is 298 g/mol. The Bertz CT molecular complexity index is 654. The predicted molar refractivity (Wildman–Crippen MR) is 84.7 cm³/mol. The van der Waals surface area contributed by atoms with Crippen LogP contribution >= 0.6 is 0 Å². The molecule has 114 valence electrons. The van der Waals surface area contributed by atoms with E-state index in [0.717, 1.165) is 11.3 Å². The van der Waals surface area contributed by atoms with E-state index in [9.17, 15) is 4.79 Å². The maximum Gasteiger partial charge on any atom is 0.244 e. The van der Waals surface area contributed by atoms with Gasteiger partial charge in [0.1, 0.15) is 0 Å². The summed E-state index contributed by atoms with van der Waals surface area (Å²) in [6.07, 6.45) is 4.89. The summed E-state index contributed by atoms with van der Waals surface area (Å²) in [7, 11) is 3.16. The first-order valence-electron chi connectivity index (χ1n) is 6.81. The molecule has 0 saturated heterocycles. The molecule has 0 bridgehead atoms. The lowest BCUT2D eigenvalue weighted by Gasteiger charge is -2.07. The quantitative estimate of drug-likeness (QED) is 0.832. The lowest BCUT2D eigenvalue weighted by atomic mass is 10.2. The molecule has 2 aromatic rings. The van der Waals surface area contributed by atoms with Crippen molar-refractivity contribution in [3.8, 4) is 11.5 Å². The fraction of sp³-hybridized carbons (Fsp3) is 0.176. The lowest BCUT2D eigenvalue weighted by molar-refractivity contribution is -0.116. The van der Waals surface area contributed by atoms with Gasteiger partial charge < -0.3 is 14.8 Å². The number of hydrogen-bond acceptors (Lipinski definition) is 4. The molecule has 5 nitrogen and oxygen atoms in total. The highest BCUT2D eigenvalue weighted by Gasteiger charge is 2.03. The van der Waals surface area contributed by atoms with Crippen molar-refractivity contribution in [1.29, 1.82) is 0 Å². The van der Waals surface area contributed by atoms with Gasteiger partial charge in [-0.3, -0.25) is 9.78 Å². The van der Waals surface area contributed by atoms with Crippen LogP contribution in [0.15, 0.2) is 48.7 Å². The van der Waals surface area contributed by atoms with Gasteiger partial charge in [0.2, 0.25) is 5.91 Å². The molecule has 0 saturated carbocycles. The maximum absolute atomic E-state index is 11.8. The van der Waals surface area contributed by atoms with Gasteiger partial charge in [-0.15, -0.1) is 0 Å². The third-order valence-corrected chi connectivity index (χ3v) is 3.00. The average Bonchev–Trinajstić information content (AvgIpc) is 2.58.